The molecule has 3 rings (SSSR count). The third-order valence-electron chi connectivity index (χ3n) is 4.68. The van der Waals surface area contributed by atoms with Crippen LogP contribution < -0.4 is 10.2 Å². The fourth-order valence-corrected chi connectivity index (χ4v) is 3.91. The van der Waals surface area contributed by atoms with Gasteiger partial charge in [-0.15, -0.1) is 0 Å². The van der Waals surface area contributed by atoms with Crippen LogP contribution in [-0.4, -0.2) is 32.7 Å². The zero-order valence-corrected chi connectivity index (χ0v) is 15.5. The topological polar surface area (TPSA) is 66.5 Å². The molecular weight excluding hydrogens is 374 g/mol. The Morgan fingerprint density at radius 2 is 1.85 bits per heavy atom. The van der Waals surface area contributed by atoms with Crippen molar-refractivity contribution in [3.63, 3.8) is 0 Å². The fourth-order valence-electron chi connectivity index (χ4n) is 3.19. The standard InChI is InChI=1S/C19H20F2N2O3S/c1-13-6-7-14-4-2-3-5-17(14)23(13)12-18(24)22-15-8-10-16(11-9-15)27(25,26)19(20)21/h2-5,8-11,13,19H,6-7,12H2,1H3,(H,22,24)/t13-/m1/s1. The van der Waals surface area contributed by atoms with Crippen LogP contribution >= 0.6 is 0 Å². The van der Waals surface area contributed by atoms with Gasteiger partial charge in [-0.05, 0) is 55.7 Å². The zero-order valence-electron chi connectivity index (χ0n) is 14.7. The second kappa shape index (κ2) is 7.64. The van der Waals surface area contributed by atoms with E-state index in [9.17, 15) is 22.0 Å². The summed E-state index contributed by atoms with van der Waals surface area (Å²) in [7, 11) is -4.64. The molecule has 0 aliphatic carbocycles. The third-order valence-corrected chi connectivity index (χ3v) is 6.08. The summed E-state index contributed by atoms with van der Waals surface area (Å²) in [4.78, 5) is 14.0. The monoisotopic (exact) mass is 394 g/mol. The van der Waals surface area contributed by atoms with Crippen LogP contribution in [-0.2, 0) is 21.1 Å². The molecule has 0 saturated carbocycles. The van der Waals surface area contributed by atoms with E-state index < -0.39 is 20.5 Å². The van der Waals surface area contributed by atoms with Gasteiger partial charge in [-0.2, -0.15) is 8.78 Å². The van der Waals surface area contributed by atoms with E-state index in [0.29, 0.717) is 5.69 Å². The van der Waals surface area contributed by atoms with Crippen LogP contribution in [0.4, 0.5) is 20.2 Å². The van der Waals surface area contributed by atoms with Crippen LogP contribution in [0.2, 0.25) is 0 Å². The van der Waals surface area contributed by atoms with E-state index in [1.165, 1.54) is 17.7 Å². The lowest BCUT2D eigenvalue weighted by Gasteiger charge is -2.36. The van der Waals surface area contributed by atoms with Gasteiger partial charge >= 0.3 is 5.76 Å². The number of rotatable bonds is 5. The number of anilines is 2. The molecule has 2 aromatic rings. The van der Waals surface area contributed by atoms with Crippen molar-refractivity contribution in [2.24, 2.45) is 0 Å². The predicted molar refractivity (Wildman–Crippen MR) is 99.8 cm³/mol. The number of para-hydroxylation sites is 1. The van der Waals surface area contributed by atoms with E-state index in [1.807, 2.05) is 29.2 Å². The highest BCUT2D eigenvalue weighted by Crippen LogP contribution is 2.30. The van der Waals surface area contributed by atoms with Gasteiger partial charge in [-0.25, -0.2) is 8.42 Å². The largest absolute Gasteiger partial charge is 0.359 e. The lowest BCUT2D eigenvalue weighted by molar-refractivity contribution is -0.115. The molecule has 144 valence electrons. The van der Waals surface area contributed by atoms with E-state index in [-0.39, 0.29) is 18.5 Å². The van der Waals surface area contributed by atoms with Gasteiger partial charge in [0.1, 0.15) is 0 Å². The van der Waals surface area contributed by atoms with Crippen molar-refractivity contribution in [1.29, 1.82) is 0 Å². The normalized spacial score (nSPS) is 16.9. The molecule has 2 aromatic carbocycles. The quantitative estimate of drug-likeness (QED) is 0.843. The maximum Gasteiger partial charge on any atom is 0.341 e. The van der Waals surface area contributed by atoms with Crippen LogP contribution in [0, 0.1) is 0 Å². The highest BCUT2D eigenvalue weighted by Gasteiger charge is 2.27. The lowest BCUT2D eigenvalue weighted by atomic mass is 9.96. The molecule has 0 aromatic heterocycles. The third kappa shape index (κ3) is 4.10. The van der Waals surface area contributed by atoms with Gasteiger partial charge < -0.3 is 10.2 Å². The molecule has 0 saturated heterocycles. The number of amides is 1. The van der Waals surface area contributed by atoms with Crippen LogP contribution in [0.5, 0.6) is 0 Å². The van der Waals surface area contributed by atoms with Crippen LogP contribution in [0.1, 0.15) is 18.9 Å². The Kier molecular flexibility index (Phi) is 5.46. The van der Waals surface area contributed by atoms with Gasteiger partial charge in [0.2, 0.25) is 15.7 Å². The van der Waals surface area contributed by atoms with Crippen LogP contribution in [0.3, 0.4) is 0 Å². The number of aryl methyl sites for hydroxylation is 1. The van der Waals surface area contributed by atoms with Gasteiger partial charge in [0, 0.05) is 17.4 Å². The summed E-state index contributed by atoms with van der Waals surface area (Å²) in [6.45, 7) is 2.21. The van der Waals surface area contributed by atoms with E-state index in [1.54, 1.807) is 0 Å². The molecule has 1 heterocycles. The second-order valence-electron chi connectivity index (χ2n) is 6.52. The Hall–Kier alpha value is -2.48. The minimum Gasteiger partial charge on any atom is -0.359 e. The molecule has 0 fully saturated rings. The number of carbonyl (C=O) groups is 1. The maximum atomic E-state index is 12.6. The van der Waals surface area contributed by atoms with Crippen molar-refractivity contribution >= 4 is 27.1 Å². The van der Waals surface area contributed by atoms with Gasteiger partial charge in [0.05, 0.1) is 11.4 Å². The van der Waals surface area contributed by atoms with Gasteiger partial charge in [0.15, 0.2) is 0 Å². The van der Waals surface area contributed by atoms with Crippen molar-refractivity contribution in [3.05, 3.63) is 54.1 Å². The Morgan fingerprint density at radius 1 is 1.19 bits per heavy atom. The fraction of sp³-hybridized carbons (Fsp3) is 0.316. The summed E-state index contributed by atoms with van der Waals surface area (Å²) in [5, 5.41) is 2.69. The van der Waals surface area contributed by atoms with Gasteiger partial charge in [-0.3, -0.25) is 4.79 Å². The minimum absolute atomic E-state index is 0.148. The molecule has 27 heavy (non-hydrogen) atoms. The number of alkyl halides is 2. The number of fused-ring (bicyclic) bond motifs is 1. The first-order chi connectivity index (χ1) is 12.8. The zero-order chi connectivity index (χ0) is 19.6. The number of benzene rings is 2. The molecule has 1 atom stereocenters. The van der Waals surface area contributed by atoms with Gasteiger partial charge in [-0.1, -0.05) is 18.2 Å². The van der Waals surface area contributed by atoms with Crippen molar-refractivity contribution in [2.75, 3.05) is 16.8 Å². The Bertz CT molecular complexity index is 930. The molecule has 0 radical (unpaired) electrons. The van der Waals surface area contributed by atoms with E-state index in [0.717, 1.165) is 30.7 Å². The highest BCUT2D eigenvalue weighted by atomic mass is 32.2. The average Bonchev–Trinajstić information content (AvgIpc) is 2.64. The number of halogens is 2. The molecule has 1 amide bonds. The molecule has 1 aliphatic rings. The lowest BCUT2D eigenvalue weighted by Crippen LogP contribution is -2.42. The SMILES string of the molecule is C[C@@H]1CCc2ccccc2N1CC(=O)Nc1ccc(S(=O)(=O)C(F)F)cc1. The van der Waals surface area contributed by atoms with Crippen molar-refractivity contribution in [3.8, 4) is 0 Å². The second-order valence-corrected chi connectivity index (χ2v) is 8.44. The summed E-state index contributed by atoms with van der Waals surface area (Å²) < 4.78 is 48.0. The Balaban J connectivity index is 1.70. The van der Waals surface area contributed by atoms with E-state index >= 15 is 0 Å². The number of nitrogens with zero attached hydrogens (tertiary/aromatic N) is 1. The average molecular weight is 394 g/mol. The molecule has 5 nitrogen and oxygen atoms in total. The Labute approximate surface area is 156 Å². The van der Waals surface area contributed by atoms with Crippen molar-refractivity contribution in [2.45, 2.75) is 36.5 Å². The van der Waals surface area contributed by atoms with Gasteiger partial charge in [0.25, 0.3) is 0 Å². The Morgan fingerprint density at radius 3 is 2.52 bits per heavy atom. The summed E-state index contributed by atoms with van der Waals surface area (Å²) in [6.07, 6.45) is 1.92. The first kappa shape index (κ1) is 19.3. The number of carbonyl (C=O) groups excluding carboxylic acids is 1. The van der Waals surface area contributed by atoms with E-state index in [4.69, 9.17) is 0 Å². The number of sulfone groups is 1. The smallest absolute Gasteiger partial charge is 0.341 e. The van der Waals surface area contributed by atoms with Crippen molar-refractivity contribution in [1.82, 2.24) is 0 Å². The summed E-state index contributed by atoms with van der Waals surface area (Å²) in [6, 6.07) is 12.9. The molecule has 1 aliphatic heterocycles. The summed E-state index contributed by atoms with van der Waals surface area (Å²) in [5.41, 5.74) is 2.58. The summed E-state index contributed by atoms with van der Waals surface area (Å²) >= 11 is 0. The minimum atomic E-state index is -4.64. The van der Waals surface area contributed by atoms with Crippen molar-refractivity contribution < 1.29 is 22.0 Å². The molecule has 0 spiro atoms. The number of nitrogens with one attached hydrogen (secondary N) is 1. The molecular formula is C19H20F2N2O3S. The van der Waals surface area contributed by atoms with Crippen LogP contribution in [0.25, 0.3) is 0 Å². The molecule has 8 heteroatoms. The summed E-state index contributed by atoms with van der Waals surface area (Å²) in [5.74, 6) is -3.73. The highest BCUT2D eigenvalue weighted by molar-refractivity contribution is 7.91. The van der Waals surface area contributed by atoms with E-state index in [2.05, 4.69) is 12.2 Å². The molecule has 1 N–H and O–H groups in total. The van der Waals surface area contributed by atoms with Crippen LogP contribution in [0.15, 0.2) is 53.4 Å². The molecule has 0 bridgehead atoms. The first-order valence-corrected chi connectivity index (χ1v) is 10.1. The predicted octanol–water partition coefficient (Wildman–Crippen LogP) is 3.46. The number of hydrogen-bond donors (Lipinski definition) is 1. The number of hydrogen-bond acceptors (Lipinski definition) is 4. The first-order valence-electron chi connectivity index (χ1n) is 8.55. The molecule has 0 unspecified atom stereocenters. The maximum absolute atomic E-state index is 12.6.